The molecule has 0 bridgehead atoms. The Kier molecular flexibility index (Phi) is 2.64. The molecule has 1 nitrogen and oxygen atoms in total. The summed E-state index contributed by atoms with van der Waals surface area (Å²) in [4.78, 5) is 0. The monoisotopic (exact) mass is 213 g/mol. The van der Waals surface area contributed by atoms with Gasteiger partial charge in [-0.05, 0) is 43.9 Å². The molecule has 0 aromatic heterocycles. The summed E-state index contributed by atoms with van der Waals surface area (Å²) >= 11 is 5.68. The minimum atomic E-state index is -0.365. The van der Waals surface area contributed by atoms with Gasteiger partial charge in [0, 0.05) is 11.7 Å². The molecule has 0 heterocycles. The first-order chi connectivity index (χ1) is 6.66. The molecule has 14 heavy (non-hydrogen) atoms. The molecule has 1 atom stereocenters. The van der Waals surface area contributed by atoms with Crippen LogP contribution in [0.15, 0.2) is 18.2 Å². The third-order valence-electron chi connectivity index (χ3n) is 2.64. The molecule has 0 spiro atoms. The molecule has 0 saturated heterocycles. The van der Waals surface area contributed by atoms with Gasteiger partial charge in [-0.3, -0.25) is 0 Å². The van der Waals surface area contributed by atoms with Gasteiger partial charge in [0.15, 0.2) is 0 Å². The summed E-state index contributed by atoms with van der Waals surface area (Å²) < 4.78 is 12.8. The van der Waals surface area contributed by atoms with Crippen LogP contribution in [0, 0.1) is 11.7 Å². The number of benzene rings is 1. The Balaban J connectivity index is 2.04. The first kappa shape index (κ1) is 9.78. The third-order valence-corrected chi connectivity index (χ3v) is 2.93. The zero-order valence-electron chi connectivity index (χ0n) is 8.06. The minimum Gasteiger partial charge on any atom is -0.382 e. The Morgan fingerprint density at radius 1 is 1.50 bits per heavy atom. The topological polar surface area (TPSA) is 12.0 Å². The number of hydrogen-bond donors (Lipinski definition) is 1. The van der Waals surface area contributed by atoms with E-state index in [1.807, 2.05) is 0 Å². The fraction of sp³-hybridized carbons (Fsp3) is 0.455. The molecule has 1 fully saturated rings. The second kappa shape index (κ2) is 3.77. The van der Waals surface area contributed by atoms with Crippen molar-refractivity contribution >= 4 is 17.3 Å². The zero-order valence-corrected chi connectivity index (χ0v) is 8.81. The summed E-state index contributed by atoms with van der Waals surface area (Å²) in [7, 11) is 0. The van der Waals surface area contributed by atoms with Crippen molar-refractivity contribution < 1.29 is 4.39 Å². The van der Waals surface area contributed by atoms with Crippen molar-refractivity contribution in [2.24, 2.45) is 5.92 Å². The van der Waals surface area contributed by atoms with Gasteiger partial charge in [0.1, 0.15) is 5.82 Å². The summed E-state index contributed by atoms with van der Waals surface area (Å²) in [5, 5.41) is 3.50. The van der Waals surface area contributed by atoms with Crippen LogP contribution in [0.2, 0.25) is 5.02 Å². The molecule has 0 radical (unpaired) electrons. The van der Waals surface area contributed by atoms with Crippen LogP contribution in [-0.4, -0.2) is 6.04 Å². The van der Waals surface area contributed by atoms with E-state index in [9.17, 15) is 4.39 Å². The molecule has 1 aromatic carbocycles. The van der Waals surface area contributed by atoms with Crippen molar-refractivity contribution in [3.8, 4) is 0 Å². The standard InChI is InChI=1S/C11H13ClFN/c1-7(8-2-3-8)14-9-4-5-11(13)10(12)6-9/h4-8,14H,2-3H2,1H3. The van der Waals surface area contributed by atoms with Gasteiger partial charge in [-0.1, -0.05) is 11.6 Å². The maximum atomic E-state index is 12.8. The normalized spacial score (nSPS) is 17.9. The summed E-state index contributed by atoms with van der Waals surface area (Å²) in [6.45, 7) is 2.15. The van der Waals surface area contributed by atoms with Crippen molar-refractivity contribution in [2.75, 3.05) is 5.32 Å². The first-order valence-electron chi connectivity index (χ1n) is 4.88. The summed E-state index contributed by atoms with van der Waals surface area (Å²) in [5.41, 5.74) is 0.899. The SMILES string of the molecule is CC(Nc1ccc(F)c(Cl)c1)C1CC1. The lowest BCUT2D eigenvalue weighted by Crippen LogP contribution is -2.17. The Morgan fingerprint density at radius 2 is 2.21 bits per heavy atom. The summed E-state index contributed by atoms with van der Waals surface area (Å²) in [6.07, 6.45) is 2.59. The van der Waals surface area contributed by atoms with Gasteiger partial charge in [0.05, 0.1) is 5.02 Å². The number of halogens is 2. The first-order valence-corrected chi connectivity index (χ1v) is 5.26. The Morgan fingerprint density at radius 3 is 2.79 bits per heavy atom. The molecule has 2 rings (SSSR count). The van der Waals surface area contributed by atoms with Crippen LogP contribution in [0.4, 0.5) is 10.1 Å². The van der Waals surface area contributed by atoms with Gasteiger partial charge in [-0.2, -0.15) is 0 Å². The molecule has 76 valence electrons. The van der Waals surface area contributed by atoms with E-state index < -0.39 is 0 Å². The van der Waals surface area contributed by atoms with Gasteiger partial charge in [-0.25, -0.2) is 4.39 Å². The number of nitrogens with one attached hydrogen (secondary N) is 1. The van der Waals surface area contributed by atoms with E-state index in [0.29, 0.717) is 6.04 Å². The van der Waals surface area contributed by atoms with Crippen LogP contribution < -0.4 is 5.32 Å². The molecule has 1 N–H and O–H groups in total. The molecule has 1 aliphatic rings. The lowest BCUT2D eigenvalue weighted by atomic mass is 10.2. The van der Waals surface area contributed by atoms with Gasteiger partial charge < -0.3 is 5.32 Å². The maximum absolute atomic E-state index is 12.8. The second-order valence-corrected chi connectivity index (χ2v) is 4.31. The number of hydrogen-bond acceptors (Lipinski definition) is 1. The Hall–Kier alpha value is -0.760. The number of rotatable bonds is 3. The van der Waals surface area contributed by atoms with Crippen LogP contribution >= 0.6 is 11.6 Å². The van der Waals surface area contributed by atoms with E-state index in [1.165, 1.54) is 18.9 Å². The highest BCUT2D eigenvalue weighted by Crippen LogP contribution is 2.34. The zero-order chi connectivity index (χ0) is 10.1. The molecular formula is C11H13ClFN. The summed E-state index contributed by atoms with van der Waals surface area (Å²) in [5.74, 6) is 0.412. The van der Waals surface area contributed by atoms with E-state index in [2.05, 4.69) is 12.2 Å². The average Bonchev–Trinajstić information content (AvgIpc) is 2.94. The minimum absolute atomic E-state index is 0.179. The highest BCUT2D eigenvalue weighted by molar-refractivity contribution is 6.31. The molecule has 1 unspecified atom stereocenters. The smallest absolute Gasteiger partial charge is 0.141 e. The van der Waals surface area contributed by atoms with Crippen molar-refractivity contribution in [1.82, 2.24) is 0 Å². The highest BCUT2D eigenvalue weighted by Gasteiger charge is 2.27. The van der Waals surface area contributed by atoms with Crippen molar-refractivity contribution in [2.45, 2.75) is 25.8 Å². The molecule has 0 aliphatic heterocycles. The predicted octanol–water partition coefficient (Wildman–Crippen LogP) is 3.69. The van der Waals surface area contributed by atoms with Crippen LogP contribution in [-0.2, 0) is 0 Å². The van der Waals surface area contributed by atoms with Gasteiger partial charge in [0.2, 0.25) is 0 Å². The molecule has 1 aromatic rings. The van der Waals surface area contributed by atoms with Crippen molar-refractivity contribution in [1.29, 1.82) is 0 Å². The molecule has 1 aliphatic carbocycles. The Labute approximate surface area is 88.3 Å². The van der Waals surface area contributed by atoms with Gasteiger partial charge in [0.25, 0.3) is 0 Å². The fourth-order valence-electron chi connectivity index (χ4n) is 1.56. The van der Waals surface area contributed by atoms with Crippen LogP contribution in [0.5, 0.6) is 0 Å². The highest BCUT2D eigenvalue weighted by atomic mass is 35.5. The maximum Gasteiger partial charge on any atom is 0.141 e. The van der Waals surface area contributed by atoms with Crippen LogP contribution in [0.3, 0.4) is 0 Å². The Bertz CT molecular complexity index is 336. The quantitative estimate of drug-likeness (QED) is 0.808. The molecule has 1 saturated carbocycles. The lowest BCUT2D eigenvalue weighted by molar-refractivity contribution is 0.628. The largest absolute Gasteiger partial charge is 0.382 e. The average molecular weight is 214 g/mol. The fourth-order valence-corrected chi connectivity index (χ4v) is 1.74. The van der Waals surface area contributed by atoms with Crippen LogP contribution in [0.25, 0.3) is 0 Å². The lowest BCUT2D eigenvalue weighted by Gasteiger charge is -2.14. The van der Waals surface area contributed by atoms with E-state index in [0.717, 1.165) is 11.6 Å². The van der Waals surface area contributed by atoms with Gasteiger partial charge in [-0.15, -0.1) is 0 Å². The molecule has 0 amide bonds. The van der Waals surface area contributed by atoms with E-state index in [1.54, 1.807) is 12.1 Å². The molecule has 3 heteroatoms. The van der Waals surface area contributed by atoms with Crippen molar-refractivity contribution in [3.63, 3.8) is 0 Å². The number of anilines is 1. The predicted molar refractivity (Wildman–Crippen MR) is 57.2 cm³/mol. The van der Waals surface area contributed by atoms with Crippen molar-refractivity contribution in [3.05, 3.63) is 29.0 Å². The van der Waals surface area contributed by atoms with Gasteiger partial charge >= 0.3 is 0 Å². The second-order valence-electron chi connectivity index (χ2n) is 3.90. The van der Waals surface area contributed by atoms with Crippen LogP contribution in [0.1, 0.15) is 19.8 Å². The molecular weight excluding hydrogens is 201 g/mol. The third kappa shape index (κ3) is 2.18. The van der Waals surface area contributed by atoms with E-state index in [-0.39, 0.29) is 10.8 Å². The summed E-state index contributed by atoms with van der Waals surface area (Å²) in [6, 6.07) is 5.21. The van der Waals surface area contributed by atoms with E-state index in [4.69, 9.17) is 11.6 Å². The van der Waals surface area contributed by atoms with E-state index >= 15 is 0 Å².